The Morgan fingerprint density at radius 3 is 2.50 bits per heavy atom. The Kier molecular flexibility index (Phi) is 5.30. The number of anilines is 1. The maximum absolute atomic E-state index is 6.41. The Hall–Kier alpha value is -0.770. The highest BCUT2D eigenvalue weighted by atomic mass is 35.5. The van der Waals surface area contributed by atoms with Gasteiger partial charge in [0, 0.05) is 48.0 Å². The Labute approximate surface area is 127 Å². The monoisotopic (exact) mass is 295 g/mol. The summed E-state index contributed by atoms with van der Waals surface area (Å²) >= 11 is 6.41. The van der Waals surface area contributed by atoms with Crippen LogP contribution in [0.15, 0.2) is 18.2 Å². The number of likely N-dealkylation sites (N-methyl/N-ethyl adjacent to an activating group) is 1. The van der Waals surface area contributed by atoms with Crippen LogP contribution in [0.3, 0.4) is 0 Å². The van der Waals surface area contributed by atoms with E-state index in [1.54, 1.807) is 0 Å². The van der Waals surface area contributed by atoms with Crippen LogP contribution in [0, 0.1) is 0 Å². The molecule has 0 aromatic heterocycles. The maximum atomic E-state index is 6.41. The first-order valence-corrected chi connectivity index (χ1v) is 7.87. The third-order valence-corrected chi connectivity index (χ3v) is 4.70. The van der Waals surface area contributed by atoms with E-state index < -0.39 is 0 Å². The van der Waals surface area contributed by atoms with Gasteiger partial charge in [0.05, 0.1) is 0 Å². The molecule has 1 aliphatic heterocycles. The highest BCUT2D eigenvalue weighted by Gasteiger charge is 2.27. The van der Waals surface area contributed by atoms with Crippen molar-refractivity contribution in [3.8, 4) is 0 Å². The Morgan fingerprint density at radius 1 is 1.25 bits per heavy atom. The average molecular weight is 296 g/mol. The second kappa shape index (κ2) is 6.79. The topological polar surface area (TPSA) is 18.5 Å². The third-order valence-electron chi connectivity index (χ3n) is 4.35. The molecule has 0 saturated carbocycles. The number of hydrogen-bond acceptors (Lipinski definition) is 3. The molecule has 3 nitrogen and oxygen atoms in total. The number of nitrogens with zero attached hydrogens (tertiary/aromatic N) is 2. The molecule has 0 spiro atoms. The van der Waals surface area contributed by atoms with Crippen LogP contribution in [-0.4, -0.2) is 43.7 Å². The van der Waals surface area contributed by atoms with Crippen LogP contribution in [-0.2, 0) is 6.54 Å². The van der Waals surface area contributed by atoms with Gasteiger partial charge in [-0.05, 0) is 39.6 Å². The molecule has 2 unspecified atom stereocenters. The van der Waals surface area contributed by atoms with Gasteiger partial charge >= 0.3 is 0 Å². The molecular formula is C16H26ClN3. The minimum Gasteiger partial charge on any atom is -0.368 e. The number of rotatable bonds is 4. The van der Waals surface area contributed by atoms with Crippen LogP contribution >= 0.6 is 11.6 Å². The summed E-state index contributed by atoms with van der Waals surface area (Å²) in [5.41, 5.74) is 2.50. The van der Waals surface area contributed by atoms with E-state index in [0.29, 0.717) is 12.1 Å². The van der Waals surface area contributed by atoms with E-state index in [1.807, 2.05) is 6.07 Å². The largest absolute Gasteiger partial charge is 0.368 e. The minimum atomic E-state index is 0.560. The normalized spacial score (nSPS) is 24.1. The fourth-order valence-corrected chi connectivity index (χ4v) is 3.11. The van der Waals surface area contributed by atoms with Crippen LogP contribution in [0.4, 0.5) is 5.69 Å². The number of piperazine rings is 1. The zero-order chi connectivity index (χ0) is 14.7. The van der Waals surface area contributed by atoms with Crippen molar-refractivity contribution in [1.29, 1.82) is 0 Å². The van der Waals surface area contributed by atoms with Crippen molar-refractivity contribution < 1.29 is 0 Å². The summed E-state index contributed by atoms with van der Waals surface area (Å²) in [6, 6.07) is 7.36. The van der Waals surface area contributed by atoms with E-state index in [2.05, 4.69) is 55.1 Å². The van der Waals surface area contributed by atoms with Gasteiger partial charge < -0.3 is 10.2 Å². The summed E-state index contributed by atoms with van der Waals surface area (Å²) < 4.78 is 0. The zero-order valence-corrected chi connectivity index (χ0v) is 13.7. The van der Waals surface area contributed by atoms with Crippen LogP contribution < -0.4 is 10.2 Å². The van der Waals surface area contributed by atoms with Crippen molar-refractivity contribution in [3.05, 3.63) is 28.8 Å². The molecule has 0 radical (unpaired) electrons. The number of hydrogen-bond donors (Lipinski definition) is 1. The molecule has 2 atom stereocenters. The van der Waals surface area contributed by atoms with Gasteiger partial charge in [0.15, 0.2) is 0 Å². The summed E-state index contributed by atoms with van der Waals surface area (Å²) in [5, 5.41) is 4.26. The SMILES string of the molecule is CCNCc1c(Cl)cccc1N1CC(C)N(C)C(C)C1. The van der Waals surface area contributed by atoms with Crippen molar-refractivity contribution in [2.45, 2.75) is 39.4 Å². The van der Waals surface area contributed by atoms with Crippen LogP contribution in [0.1, 0.15) is 26.3 Å². The van der Waals surface area contributed by atoms with E-state index >= 15 is 0 Å². The number of benzene rings is 1. The first kappa shape index (κ1) is 15.6. The Morgan fingerprint density at radius 2 is 1.90 bits per heavy atom. The van der Waals surface area contributed by atoms with Crippen LogP contribution in [0.5, 0.6) is 0 Å². The molecule has 0 aliphatic carbocycles. The number of halogens is 1. The van der Waals surface area contributed by atoms with Crippen molar-refractivity contribution in [2.24, 2.45) is 0 Å². The molecular weight excluding hydrogens is 270 g/mol. The quantitative estimate of drug-likeness (QED) is 0.921. The van der Waals surface area contributed by atoms with Crippen molar-refractivity contribution in [2.75, 3.05) is 31.6 Å². The van der Waals surface area contributed by atoms with E-state index in [-0.39, 0.29) is 0 Å². The second-order valence-corrected chi connectivity index (χ2v) is 6.19. The standard InChI is InChI=1S/C16H26ClN3/c1-5-18-9-14-15(17)7-6-8-16(14)20-10-12(2)19(4)13(3)11-20/h6-8,12-13,18H,5,9-11H2,1-4H3. The smallest absolute Gasteiger partial charge is 0.0471 e. The molecule has 2 rings (SSSR count). The summed E-state index contributed by atoms with van der Waals surface area (Å²) in [6.07, 6.45) is 0. The lowest BCUT2D eigenvalue weighted by molar-refractivity contribution is 0.170. The van der Waals surface area contributed by atoms with Gasteiger partial charge in [-0.2, -0.15) is 0 Å². The second-order valence-electron chi connectivity index (χ2n) is 5.79. The molecule has 1 saturated heterocycles. The third kappa shape index (κ3) is 3.27. The lowest BCUT2D eigenvalue weighted by Crippen LogP contribution is -2.55. The molecule has 1 aromatic carbocycles. The summed E-state index contributed by atoms with van der Waals surface area (Å²) in [4.78, 5) is 4.93. The molecule has 1 heterocycles. The minimum absolute atomic E-state index is 0.560. The van der Waals surface area contributed by atoms with Gasteiger partial charge in [0.2, 0.25) is 0 Å². The van der Waals surface area contributed by atoms with Crippen molar-refractivity contribution >= 4 is 17.3 Å². The summed E-state index contributed by atoms with van der Waals surface area (Å²) in [7, 11) is 2.21. The molecule has 112 valence electrons. The molecule has 0 amide bonds. The lowest BCUT2D eigenvalue weighted by Gasteiger charge is -2.44. The van der Waals surface area contributed by atoms with Crippen LogP contribution in [0.2, 0.25) is 5.02 Å². The molecule has 1 N–H and O–H groups in total. The van der Waals surface area contributed by atoms with E-state index in [4.69, 9.17) is 11.6 Å². The van der Waals surface area contributed by atoms with Gasteiger partial charge in [0.1, 0.15) is 0 Å². The molecule has 1 aliphatic rings. The average Bonchev–Trinajstić information content (AvgIpc) is 2.42. The predicted molar refractivity (Wildman–Crippen MR) is 87.7 cm³/mol. The maximum Gasteiger partial charge on any atom is 0.0471 e. The van der Waals surface area contributed by atoms with Crippen molar-refractivity contribution in [3.63, 3.8) is 0 Å². The molecule has 20 heavy (non-hydrogen) atoms. The first-order chi connectivity index (χ1) is 9.54. The van der Waals surface area contributed by atoms with Gasteiger partial charge in [0.25, 0.3) is 0 Å². The lowest BCUT2D eigenvalue weighted by atomic mass is 10.1. The molecule has 1 aromatic rings. The highest BCUT2D eigenvalue weighted by molar-refractivity contribution is 6.31. The Balaban J connectivity index is 2.25. The van der Waals surface area contributed by atoms with Crippen molar-refractivity contribution in [1.82, 2.24) is 10.2 Å². The summed E-state index contributed by atoms with van der Waals surface area (Å²) in [6.45, 7) is 10.6. The zero-order valence-electron chi connectivity index (χ0n) is 13.0. The van der Waals surface area contributed by atoms with E-state index in [1.165, 1.54) is 11.3 Å². The first-order valence-electron chi connectivity index (χ1n) is 7.49. The van der Waals surface area contributed by atoms with E-state index in [9.17, 15) is 0 Å². The fourth-order valence-electron chi connectivity index (χ4n) is 2.87. The van der Waals surface area contributed by atoms with Gasteiger partial charge in [-0.15, -0.1) is 0 Å². The van der Waals surface area contributed by atoms with E-state index in [0.717, 1.165) is 31.2 Å². The van der Waals surface area contributed by atoms with Gasteiger partial charge in [-0.25, -0.2) is 0 Å². The van der Waals surface area contributed by atoms with Gasteiger partial charge in [-0.1, -0.05) is 24.6 Å². The molecule has 1 fully saturated rings. The predicted octanol–water partition coefficient (Wildman–Crippen LogP) is 2.98. The van der Waals surface area contributed by atoms with Crippen LogP contribution in [0.25, 0.3) is 0 Å². The molecule has 4 heteroatoms. The molecule has 0 bridgehead atoms. The summed E-state index contributed by atoms with van der Waals surface area (Å²) in [5.74, 6) is 0. The number of nitrogens with one attached hydrogen (secondary N) is 1. The van der Waals surface area contributed by atoms with Gasteiger partial charge in [-0.3, -0.25) is 4.90 Å². The Bertz CT molecular complexity index is 437. The highest BCUT2D eigenvalue weighted by Crippen LogP contribution is 2.30. The fraction of sp³-hybridized carbons (Fsp3) is 0.625.